The number of carbonyl (C=O) groups excluding carboxylic acids is 1. The Balaban J connectivity index is 1.92. The van der Waals surface area contributed by atoms with Crippen LogP contribution >= 0.6 is 0 Å². The van der Waals surface area contributed by atoms with Crippen LogP contribution in [0.25, 0.3) is 0 Å². The van der Waals surface area contributed by atoms with E-state index in [4.69, 9.17) is 0 Å². The number of fused-ring (bicyclic) bond motifs is 1. The molecule has 3 nitrogen and oxygen atoms in total. The highest BCUT2D eigenvalue weighted by molar-refractivity contribution is 5.97. The monoisotopic (exact) mass is 260 g/mol. The topological polar surface area (TPSA) is 41.1 Å². The summed E-state index contributed by atoms with van der Waals surface area (Å²) in [5.41, 5.74) is 3.16. The number of benzene rings is 1. The van der Waals surface area contributed by atoms with Gasteiger partial charge in [0.25, 0.3) is 5.91 Å². The third-order valence-electron chi connectivity index (χ3n) is 3.66. The molecule has 1 aromatic carbocycles. The number of amides is 1. The summed E-state index contributed by atoms with van der Waals surface area (Å²) in [6.45, 7) is 3.99. The van der Waals surface area contributed by atoms with E-state index < -0.39 is 0 Å². The third kappa shape index (κ3) is 3.72. The van der Waals surface area contributed by atoms with E-state index >= 15 is 0 Å². The Morgan fingerprint density at radius 2 is 2.21 bits per heavy atom. The van der Waals surface area contributed by atoms with Gasteiger partial charge in [-0.25, -0.2) is 0 Å². The Labute approximate surface area is 115 Å². The van der Waals surface area contributed by atoms with Gasteiger partial charge >= 0.3 is 0 Å². The summed E-state index contributed by atoms with van der Waals surface area (Å²) in [6.07, 6.45) is 6.86. The van der Waals surface area contributed by atoms with E-state index in [1.807, 2.05) is 12.1 Å². The molecular formula is C16H24N2O. The molecule has 0 atom stereocenters. The smallest absolute Gasteiger partial charge is 0.251 e. The van der Waals surface area contributed by atoms with Gasteiger partial charge in [0.05, 0.1) is 0 Å². The van der Waals surface area contributed by atoms with Crippen molar-refractivity contribution in [3.05, 3.63) is 29.3 Å². The zero-order chi connectivity index (χ0) is 13.5. The number of hydrogen-bond donors (Lipinski definition) is 2. The van der Waals surface area contributed by atoms with Crippen molar-refractivity contribution >= 4 is 11.6 Å². The molecule has 2 N–H and O–H groups in total. The fraction of sp³-hybridized carbons (Fsp3) is 0.562. The molecule has 1 heterocycles. The molecular weight excluding hydrogens is 236 g/mol. The summed E-state index contributed by atoms with van der Waals surface area (Å²) >= 11 is 0. The third-order valence-corrected chi connectivity index (χ3v) is 3.66. The largest absolute Gasteiger partial charge is 0.385 e. The normalized spacial score (nSPS) is 13.5. The fourth-order valence-electron chi connectivity index (χ4n) is 2.57. The fourth-order valence-corrected chi connectivity index (χ4v) is 2.57. The summed E-state index contributed by atoms with van der Waals surface area (Å²) in [6, 6.07) is 5.96. The van der Waals surface area contributed by atoms with Gasteiger partial charge in [0.15, 0.2) is 0 Å². The van der Waals surface area contributed by atoms with Crippen molar-refractivity contribution in [1.82, 2.24) is 5.32 Å². The van der Waals surface area contributed by atoms with E-state index in [2.05, 4.69) is 23.6 Å². The van der Waals surface area contributed by atoms with Crippen LogP contribution in [0.4, 0.5) is 5.69 Å². The Morgan fingerprint density at radius 3 is 3.05 bits per heavy atom. The van der Waals surface area contributed by atoms with Crippen LogP contribution in [0.15, 0.2) is 18.2 Å². The standard InChI is InChI=1S/C16H24N2O/c1-2-3-4-5-11-18-16(19)14-8-6-10-15-13(14)9-7-12-17-15/h6,8,10,17H,2-5,7,9,11-12H2,1H3,(H,18,19). The summed E-state index contributed by atoms with van der Waals surface area (Å²) in [5.74, 6) is 0.0806. The first-order valence-electron chi connectivity index (χ1n) is 7.47. The first-order chi connectivity index (χ1) is 9.33. The minimum absolute atomic E-state index is 0.0806. The highest BCUT2D eigenvalue weighted by Crippen LogP contribution is 2.25. The second kappa shape index (κ2) is 7.17. The van der Waals surface area contributed by atoms with Crippen LogP contribution in [0, 0.1) is 0 Å². The Morgan fingerprint density at radius 1 is 1.32 bits per heavy atom. The molecule has 0 bridgehead atoms. The maximum absolute atomic E-state index is 12.2. The van der Waals surface area contributed by atoms with Crippen molar-refractivity contribution in [3.8, 4) is 0 Å². The van der Waals surface area contributed by atoms with Crippen molar-refractivity contribution in [3.63, 3.8) is 0 Å². The van der Waals surface area contributed by atoms with E-state index in [1.54, 1.807) is 0 Å². The minimum atomic E-state index is 0.0806. The number of carbonyl (C=O) groups is 1. The van der Waals surface area contributed by atoms with Crippen molar-refractivity contribution in [2.45, 2.75) is 45.4 Å². The highest BCUT2D eigenvalue weighted by atomic mass is 16.1. The van der Waals surface area contributed by atoms with Gasteiger partial charge in [-0.3, -0.25) is 4.79 Å². The van der Waals surface area contributed by atoms with Gasteiger partial charge in [0, 0.05) is 24.3 Å². The van der Waals surface area contributed by atoms with E-state index in [9.17, 15) is 4.79 Å². The number of rotatable bonds is 6. The van der Waals surface area contributed by atoms with Crippen molar-refractivity contribution in [2.24, 2.45) is 0 Å². The molecule has 2 rings (SSSR count). The van der Waals surface area contributed by atoms with E-state index in [1.165, 1.54) is 24.8 Å². The van der Waals surface area contributed by atoms with Crippen LogP contribution in [0.2, 0.25) is 0 Å². The van der Waals surface area contributed by atoms with Gasteiger partial charge in [-0.1, -0.05) is 32.3 Å². The quantitative estimate of drug-likeness (QED) is 0.770. The maximum Gasteiger partial charge on any atom is 0.251 e. The number of hydrogen-bond acceptors (Lipinski definition) is 2. The average Bonchev–Trinajstić information content (AvgIpc) is 2.46. The van der Waals surface area contributed by atoms with Crippen LogP contribution in [0.5, 0.6) is 0 Å². The number of unbranched alkanes of at least 4 members (excludes halogenated alkanes) is 3. The van der Waals surface area contributed by atoms with Crippen molar-refractivity contribution < 1.29 is 4.79 Å². The highest BCUT2D eigenvalue weighted by Gasteiger charge is 2.16. The molecule has 0 fully saturated rings. The molecule has 1 aliphatic rings. The van der Waals surface area contributed by atoms with E-state index in [0.717, 1.165) is 43.6 Å². The van der Waals surface area contributed by atoms with Crippen molar-refractivity contribution in [1.29, 1.82) is 0 Å². The summed E-state index contributed by atoms with van der Waals surface area (Å²) in [4.78, 5) is 12.2. The molecule has 0 spiro atoms. The van der Waals surface area contributed by atoms with E-state index in [-0.39, 0.29) is 5.91 Å². The van der Waals surface area contributed by atoms with Crippen LogP contribution in [-0.2, 0) is 6.42 Å². The molecule has 104 valence electrons. The zero-order valence-electron chi connectivity index (χ0n) is 11.8. The van der Waals surface area contributed by atoms with Gasteiger partial charge in [-0.2, -0.15) is 0 Å². The molecule has 19 heavy (non-hydrogen) atoms. The zero-order valence-corrected chi connectivity index (χ0v) is 11.8. The molecule has 0 saturated carbocycles. The summed E-state index contributed by atoms with van der Waals surface area (Å²) in [5, 5.41) is 6.40. The maximum atomic E-state index is 12.2. The molecule has 0 aliphatic carbocycles. The van der Waals surface area contributed by atoms with Gasteiger partial charge < -0.3 is 10.6 Å². The molecule has 1 amide bonds. The molecule has 0 aromatic heterocycles. The molecule has 1 aromatic rings. The lowest BCUT2D eigenvalue weighted by Crippen LogP contribution is -2.27. The molecule has 0 saturated heterocycles. The Kier molecular flexibility index (Phi) is 5.25. The van der Waals surface area contributed by atoms with E-state index in [0.29, 0.717) is 0 Å². The number of anilines is 1. The van der Waals surface area contributed by atoms with Gasteiger partial charge in [0.2, 0.25) is 0 Å². The predicted molar refractivity (Wildman–Crippen MR) is 79.7 cm³/mol. The lowest BCUT2D eigenvalue weighted by atomic mass is 9.97. The Bertz CT molecular complexity index is 429. The minimum Gasteiger partial charge on any atom is -0.385 e. The predicted octanol–water partition coefficient (Wildman–Crippen LogP) is 3.35. The summed E-state index contributed by atoms with van der Waals surface area (Å²) in [7, 11) is 0. The first-order valence-corrected chi connectivity index (χ1v) is 7.47. The van der Waals surface area contributed by atoms with Crippen LogP contribution in [-0.4, -0.2) is 19.0 Å². The van der Waals surface area contributed by atoms with Gasteiger partial charge in [0.1, 0.15) is 0 Å². The van der Waals surface area contributed by atoms with Crippen molar-refractivity contribution in [2.75, 3.05) is 18.4 Å². The molecule has 1 aliphatic heterocycles. The van der Waals surface area contributed by atoms with Crippen LogP contribution in [0.1, 0.15) is 54.9 Å². The van der Waals surface area contributed by atoms with Gasteiger partial charge in [-0.15, -0.1) is 0 Å². The van der Waals surface area contributed by atoms with Crippen LogP contribution < -0.4 is 10.6 Å². The van der Waals surface area contributed by atoms with Crippen LogP contribution in [0.3, 0.4) is 0 Å². The molecule has 0 unspecified atom stereocenters. The molecule has 0 radical (unpaired) electrons. The molecule has 3 heteroatoms. The number of nitrogens with one attached hydrogen (secondary N) is 2. The lowest BCUT2D eigenvalue weighted by molar-refractivity contribution is 0.0952. The second-order valence-corrected chi connectivity index (χ2v) is 5.18. The first kappa shape index (κ1) is 13.9. The average molecular weight is 260 g/mol. The van der Waals surface area contributed by atoms with Gasteiger partial charge in [-0.05, 0) is 37.0 Å². The second-order valence-electron chi connectivity index (χ2n) is 5.18. The summed E-state index contributed by atoms with van der Waals surface area (Å²) < 4.78 is 0. The SMILES string of the molecule is CCCCCCNC(=O)c1cccc2c1CCCN2. The Hall–Kier alpha value is -1.51. The lowest BCUT2D eigenvalue weighted by Gasteiger charge is -2.20.